The van der Waals surface area contributed by atoms with Crippen LogP contribution in [-0.4, -0.2) is 0 Å². The van der Waals surface area contributed by atoms with Crippen molar-refractivity contribution in [3.05, 3.63) is 36.0 Å². The summed E-state index contributed by atoms with van der Waals surface area (Å²) in [4.78, 5) is 0. The Kier molecular flexibility index (Phi) is 10.8. The van der Waals surface area contributed by atoms with Gasteiger partial charge in [0.15, 0.2) is 0 Å². The van der Waals surface area contributed by atoms with Crippen LogP contribution in [0.4, 0.5) is 0 Å². The molecule has 0 saturated heterocycles. The van der Waals surface area contributed by atoms with Crippen LogP contribution in [0, 0.1) is 11.8 Å². The topological polar surface area (TPSA) is 0 Å². The van der Waals surface area contributed by atoms with E-state index in [1.165, 1.54) is 11.1 Å². The zero-order valence-corrected chi connectivity index (χ0v) is 11.6. The van der Waals surface area contributed by atoms with E-state index < -0.39 is 0 Å². The fraction of sp³-hybridized carbons (Fsp3) is 0.600. The second kappa shape index (κ2) is 9.76. The first-order valence-electron chi connectivity index (χ1n) is 5.99. The van der Waals surface area contributed by atoms with Crippen molar-refractivity contribution >= 4 is 0 Å². The van der Waals surface area contributed by atoms with Crippen LogP contribution in [0.5, 0.6) is 0 Å². The summed E-state index contributed by atoms with van der Waals surface area (Å²) in [6.07, 6.45) is 6.23. The van der Waals surface area contributed by atoms with Gasteiger partial charge in [0.1, 0.15) is 0 Å². The standard InChI is InChI=1S/C13H22.C2H6/c1-7-8-13(11(4)5)9-12(6)10(2)3;1-2/h7-11H,1H2,2-6H3;1-2H3/b12-9+,13-8+;. The SMILES string of the molecule is C=C/C=C(\C=C(/C)C(C)C)C(C)C.CC. The molecule has 0 N–H and O–H groups in total. The van der Waals surface area contributed by atoms with E-state index in [0.29, 0.717) is 11.8 Å². The highest BCUT2D eigenvalue weighted by molar-refractivity contribution is 5.28. The van der Waals surface area contributed by atoms with Gasteiger partial charge in [0, 0.05) is 0 Å². The Labute approximate surface area is 96.8 Å². The second-order valence-electron chi connectivity index (χ2n) is 4.10. The Hall–Kier alpha value is -0.780. The maximum Gasteiger partial charge on any atom is -0.0219 e. The largest absolute Gasteiger partial charge is 0.0991 e. The van der Waals surface area contributed by atoms with Crippen LogP contribution in [0.2, 0.25) is 0 Å². The van der Waals surface area contributed by atoms with E-state index in [9.17, 15) is 0 Å². The van der Waals surface area contributed by atoms with Gasteiger partial charge >= 0.3 is 0 Å². The Balaban J connectivity index is 0. The molecule has 0 atom stereocenters. The molecule has 0 nitrogen and oxygen atoms in total. The lowest BCUT2D eigenvalue weighted by atomic mass is 9.96. The lowest BCUT2D eigenvalue weighted by molar-refractivity contribution is 0.749. The molecule has 88 valence electrons. The van der Waals surface area contributed by atoms with Gasteiger partial charge in [-0.3, -0.25) is 0 Å². The van der Waals surface area contributed by atoms with Gasteiger partial charge in [-0.25, -0.2) is 0 Å². The van der Waals surface area contributed by atoms with Crippen molar-refractivity contribution in [3.8, 4) is 0 Å². The molecule has 0 radical (unpaired) electrons. The summed E-state index contributed by atoms with van der Waals surface area (Å²) in [5.74, 6) is 1.21. The van der Waals surface area contributed by atoms with Crippen molar-refractivity contribution in [1.29, 1.82) is 0 Å². The second-order valence-corrected chi connectivity index (χ2v) is 4.10. The summed E-state index contributed by atoms with van der Waals surface area (Å²) in [5.41, 5.74) is 2.79. The molecule has 0 aromatic heterocycles. The van der Waals surface area contributed by atoms with Crippen LogP contribution in [0.25, 0.3) is 0 Å². The molecule has 0 aliphatic rings. The minimum atomic E-state index is 0.576. The normalized spacial score (nSPS) is 12.6. The molecule has 0 aliphatic heterocycles. The minimum Gasteiger partial charge on any atom is -0.0991 e. The predicted molar refractivity (Wildman–Crippen MR) is 73.1 cm³/mol. The molecule has 0 heterocycles. The van der Waals surface area contributed by atoms with E-state index in [1.54, 1.807) is 0 Å². The van der Waals surface area contributed by atoms with Gasteiger partial charge in [-0.2, -0.15) is 0 Å². The monoisotopic (exact) mass is 208 g/mol. The van der Waals surface area contributed by atoms with Crippen molar-refractivity contribution < 1.29 is 0 Å². The lowest BCUT2D eigenvalue weighted by Crippen LogP contribution is -1.95. The molecule has 0 rings (SSSR count). The first kappa shape index (κ1) is 16.6. The Morgan fingerprint density at radius 2 is 1.47 bits per heavy atom. The van der Waals surface area contributed by atoms with Crippen LogP contribution >= 0.6 is 0 Å². The molecule has 0 saturated carbocycles. The van der Waals surface area contributed by atoms with E-state index in [-0.39, 0.29) is 0 Å². The van der Waals surface area contributed by atoms with Crippen molar-refractivity contribution in [2.24, 2.45) is 11.8 Å². The summed E-state index contributed by atoms with van der Waals surface area (Å²) >= 11 is 0. The molecule has 0 amide bonds. The maximum atomic E-state index is 3.73. The summed E-state index contributed by atoms with van der Waals surface area (Å²) in [5, 5.41) is 0. The van der Waals surface area contributed by atoms with Gasteiger partial charge in [-0.15, -0.1) is 0 Å². The van der Waals surface area contributed by atoms with E-state index in [0.717, 1.165) is 0 Å². The molecular formula is C15H28. The van der Waals surface area contributed by atoms with E-state index >= 15 is 0 Å². The minimum absolute atomic E-state index is 0.576. The number of rotatable bonds is 4. The van der Waals surface area contributed by atoms with Crippen molar-refractivity contribution in [3.63, 3.8) is 0 Å². The highest BCUT2D eigenvalue weighted by atomic mass is 14.1. The highest BCUT2D eigenvalue weighted by Gasteiger charge is 2.01. The van der Waals surface area contributed by atoms with E-state index in [1.807, 2.05) is 19.9 Å². The third-order valence-electron chi connectivity index (χ3n) is 2.28. The van der Waals surface area contributed by atoms with Crippen molar-refractivity contribution in [1.82, 2.24) is 0 Å². The van der Waals surface area contributed by atoms with Gasteiger partial charge in [0.2, 0.25) is 0 Å². The van der Waals surface area contributed by atoms with Crippen molar-refractivity contribution in [2.45, 2.75) is 48.5 Å². The summed E-state index contributed by atoms with van der Waals surface area (Å²) < 4.78 is 0. The molecule has 15 heavy (non-hydrogen) atoms. The third kappa shape index (κ3) is 8.23. The fourth-order valence-electron chi connectivity index (χ4n) is 0.973. The molecule has 0 unspecified atom stereocenters. The molecule has 0 fully saturated rings. The zero-order valence-electron chi connectivity index (χ0n) is 11.6. The van der Waals surface area contributed by atoms with Gasteiger partial charge < -0.3 is 0 Å². The van der Waals surface area contributed by atoms with Gasteiger partial charge in [0.05, 0.1) is 0 Å². The third-order valence-corrected chi connectivity index (χ3v) is 2.28. The highest BCUT2D eigenvalue weighted by Crippen LogP contribution is 2.17. The Morgan fingerprint density at radius 3 is 1.73 bits per heavy atom. The molecule has 0 heteroatoms. The van der Waals surface area contributed by atoms with Gasteiger partial charge in [-0.1, -0.05) is 71.9 Å². The van der Waals surface area contributed by atoms with Crippen LogP contribution < -0.4 is 0 Å². The van der Waals surface area contributed by atoms with Crippen LogP contribution in [0.15, 0.2) is 36.0 Å². The molecule has 0 bridgehead atoms. The van der Waals surface area contributed by atoms with Crippen LogP contribution in [0.3, 0.4) is 0 Å². The summed E-state index contributed by atoms with van der Waals surface area (Å²) in [6, 6.07) is 0. The van der Waals surface area contributed by atoms with E-state index in [2.05, 4.69) is 53.3 Å². The maximum absolute atomic E-state index is 3.73. The van der Waals surface area contributed by atoms with Gasteiger partial charge in [-0.05, 0) is 24.3 Å². The van der Waals surface area contributed by atoms with Crippen LogP contribution in [0.1, 0.15) is 48.5 Å². The first-order valence-corrected chi connectivity index (χ1v) is 5.99. The summed E-state index contributed by atoms with van der Waals surface area (Å²) in [6.45, 7) is 18.8. The molecule has 0 aliphatic carbocycles. The quantitative estimate of drug-likeness (QED) is 0.544. The summed E-state index contributed by atoms with van der Waals surface area (Å²) in [7, 11) is 0. The molecule has 0 spiro atoms. The number of hydrogen-bond acceptors (Lipinski definition) is 0. The molecule has 0 aromatic carbocycles. The average molecular weight is 208 g/mol. The first-order chi connectivity index (χ1) is 6.99. The Morgan fingerprint density at radius 1 is 1.00 bits per heavy atom. The molecular weight excluding hydrogens is 180 g/mol. The molecule has 0 aromatic rings. The predicted octanol–water partition coefficient (Wildman–Crippen LogP) is 5.38. The Bertz CT molecular complexity index is 214. The average Bonchev–Trinajstić information content (AvgIpc) is 2.19. The van der Waals surface area contributed by atoms with Gasteiger partial charge in [0.25, 0.3) is 0 Å². The zero-order chi connectivity index (χ0) is 12.4. The van der Waals surface area contributed by atoms with Crippen LogP contribution in [-0.2, 0) is 0 Å². The number of allylic oxidation sites excluding steroid dienone is 5. The number of hydrogen-bond donors (Lipinski definition) is 0. The van der Waals surface area contributed by atoms with Crippen molar-refractivity contribution in [2.75, 3.05) is 0 Å². The lowest BCUT2D eigenvalue weighted by Gasteiger charge is -2.10. The smallest absolute Gasteiger partial charge is 0.0219 e. The van der Waals surface area contributed by atoms with E-state index in [4.69, 9.17) is 0 Å². The fourth-order valence-corrected chi connectivity index (χ4v) is 0.973.